The topological polar surface area (TPSA) is 38.1 Å². The Morgan fingerprint density at radius 1 is 1.19 bits per heavy atom. The van der Waals surface area contributed by atoms with Crippen LogP contribution in [-0.2, 0) is 0 Å². The highest BCUT2D eigenvalue weighted by Gasteiger charge is 2.31. The van der Waals surface area contributed by atoms with E-state index in [1.807, 2.05) is 16.7 Å². The van der Waals surface area contributed by atoms with Crippen molar-refractivity contribution in [2.75, 3.05) is 0 Å². The molecule has 3 aromatic rings. The van der Waals surface area contributed by atoms with Crippen LogP contribution in [0.5, 0.6) is 5.75 Å². The van der Waals surface area contributed by atoms with Crippen LogP contribution in [0.3, 0.4) is 0 Å². The number of aromatic hydroxyl groups is 1. The number of hydrogen-bond acceptors (Lipinski definition) is 2. The number of nitrogens with zero attached hydrogens (tertiary/aromatic N) is 2. The number of phenols is 1. The fourth-order valence-electron chi connectivity index (χ4n) is 2.71. The SMILES string of the molecule is Oc1cccc(F)c1-c1nc2cccc(Cl)c2n1C1CC1. The lowest BCUT2D eigenvalue weighted by Crippen LogP contribution is -1.99. The van der Waals surface area contributed by atoms with Crippen LogP contribution >= 0.6 is 11.6 Å². The summed E-state index contributed by atoms with van der Waals surface area (Å²) in [4.78, 5) is 4.51. The van der Waals surface area contributed by atoms with Gasteiger partial charge in [0.15, 0.2) is 0 Å². The van der Waals surface area contributed by atoms with Gasteiger partial charge in [0.25, 0.3) is 0 Å². The Kier molecular flexibility index (Phi) is 2.69. The summed E-state index contributed by atoms with van der Waals surface area (Å²) in [5.41, 5.74) is 1.66. The number of rotatable bonds is 2. The van der Waals surface area contributed by atoms with Gasteiger partial charge in [-0.05, 0) is 37.1 Å². The smallest absolute Gasteiger partial charge is 0.148 e. The minimum atomic E-state index is -0.483. The van der Waals surface area contributed by atoms with Crippen molar-refractivity contribution in [3.8, 4) is 17.1 Å². The number of phenolic OH excluding ortho intramolecular Hbond substituents is 1. The number of halogens is 2. The van der Waals surface area contributed by atoms with Crippen molar-refractivity contribution in [2.45, 2.75) is 18.9 Å². The summed E-state index contributed by atoms with van der Waals surface area (Å²) in [6, 6.07) is 10.0. The van der Waals surface area contributed by atoms with Crippen molar-refractivity contribution in [3.05, 3.63) is 47.2 Å². The number of fused-ring (bicyclic) bond motifs is 1. The molecule has 1 saturated carbocycles. The third-order valence-corrected chi connectivity index (χ3v) is 4.09. The van der Waals surface area contributed by atoms with Gasteiger partial charge in [-0.2, -0.15) is 0 Å². The highest BCUT2D eigenvalue weighted by Crippen LogP contribution is 2.44. The van der Waals surface area contributed by atoms with Crippen LogP contribution in [0.25, 0.3) is 22.4 Å². The summed E-state index contributed by atoms with van der Waals surface area (Å²) in [6.07, 6.45) is 2.03. The molecular formula is C16H12ClFN2O. The van der Waals surface area contributed by atoms with Gasteiger partial charge in [-0.15, -0.1) is 0 Å². The normalized spacial score (nSPS) is 14.8. The molecule has 21 heavy (non-hydrogen) atoms. The quantitative estimate of drug-likeness (QED) is 0.755. The third kappa shape index (κ3) is 1.90. The molecular weight excluding hydrogens is 291 g/mol. The highest BCUT2D eigenvalue weighted by molar-refractivity contribution is 6.35. The van der Waals surface area contributed by atoms with Gasteiger partial charge in [-0.25, -0.2) is 9.37 Å². The van der Waals surface area contributed by atoms with Crippen LogP contribution in [0, 0.1) is 5.82 Å². The standard InChI is InChI=1S/C16H12ClFN2O/c17-10-3-1-5-12-15(10)20(9-7-8-9)16(19-12)14-11(18)4-2-6-13(14)21/h1-6,9,21H,7-8H2. The summed E-state index contributed by atoms with van der Waals surface area (Å²) >= 11 is 6.30. The maximum absolute atomic E-state index is 14.2. The maximum atomic E-state index is 14.2. The molecule has 0 radical (unpaired) electrons. The zero-order chi connectivity index (χ0) is 14.6. The molecule has 1 aliphatic carbocycles. The molecule has 5 heteroatoms. The van der Waals surface area contributed by atoms with E-state index < -0.39 is 5.82 Å². The number of benzene rings is 2. The van der Waals surface area contributed by atoms with Gasteiger partial charge in [0.2, 0.25) is 0 Å². The maximum Gasteiger partial charge on any atom is 0.148 e. The molecule has 3 nitrogen and oxygen atoms in total. The largest absolute Gasteiger partial charge is 0.507 e. The fourth-order valence-corrected chi connectivity index (χ4v) is 2.97. The Bertz CT molecular complexity index is 835. The van der Waals surface area contributed by atoms with Crippen molar-refractivity contribution in [1.29, 1.82) is 0 Å². The van der Waals surface area contributed by atoms with E-state index in [0.29, 0.717) is 16.4 Å². The Morgan fingerprint density at radius 3 is 2.67 bits per heavy atom. The molecule has 0 amide bonds. The lowest BCUT2D eigenvalue weighted by Gasteiger charge is -2.10. The van der Waals surface area contributed by atoms with E-state index in [1.165, 1.54) is 18.2 Å². The first-order valence-corrected chi connectivity index (χ1v) is 7.19. The van der Waals surface area contributed by atoms with E-state index in [2.05, 4.69) is 4.98 Å². The van der Waals surface area contributed by atoms with Crippen molar-refractivity contribution < 1.29 is 9.50 Å². The molecule has 0 spiro atoms. The van der Waals surface area contributed by atoms with Gasteiger partial charge in [-0.1, -0.05) is 23.7 Å². The number of imidazole rings is 1. The second-order valence-electron chi connectivity index (χ2n) is 5.28. The zero-order valence-corrected chi connectivity index (χ0v) is 11.8. The van der Waals surface area contributed by atoms with Gasteiger partial charge in [-0.3, -0.25) is 0 Å². The van der Waals surface area contributed by atoms with Gasteiger partial charge in [0.05, 0.1) is 21.6 Å². The van der Waals surface area contributed by atoms with Crippen LogP contribution in [0.2, 0.25) is 5.02 Å². The monoisotopic (exact) mass is 302 g/mol. The predicted molar refractivity (Wildman–Crippen MR) is 80.1 cm³/mol. The second kappa shape index (κ2) is 4.46. The lowest BCUT2D eigenvalue weighted by atomic mass is 10.1. The summed E-state index contributed by atoms with van der Waals surface area (Å²) in [5.74, 6) is -0.150. The summed E-state index contributed by atoms with van der Waals surface area (Å²) in [7, 11) is 0. The van der Waals surface area contributed by atoms with Crippen LogP contribution in [0.4, 0.5) is 4.39 Å². The summed E-state index contributed by atoms with van der Waals surface area (Å²) in [5, 5.41) is 10.6. The van der Waals surface area contributed by atoms with E-state index in [0.717, 1.165) is 18.4 Å². The van der Waals surface area contributed by atoms with E-state index in [9.17, 15) is 9.50 Å². The van der Waals surface area contributed by atoms with E-state index >= 15 is 0 Å². The predicted octanol–water partition coefficient (Wildman–Crippen LogP) is 4.54. The molecule has 0 unspecified atom stereocenters. The molecule has 1 N–H and O–H groups in total. The number of hydrogen-bond donors (Lipinski definition) is 1. The fraction of sp³-hybridized carbons (Fsp3) is 0.188. The summed E-state index contributed by atoms with van der Waals surface area (Å²) < 4.78 is 16.1. The molecule has 0 saturated heterocycles. The molecule has 1 fully saturated rings. The molecule has 0 atom stereocenters. The van der Waals surface area contributed by atoms with Crippen molar-refractivity contribution in [2.24, 2.45) is 0 Å². The van der Waals surface area contributed by atoms with Crippen LogP contribution < -0.4 is 0 Å². The van der Waals surface area contributed by atoms with Crippen molar-refractivity contribution in [1.82, 2.24) is 9.55 Å². The molecule has 0 aliphatic heterocycles. The molecule has 1 aromatic heterocycles. The van der Waals surface area contributed by atoms with E-state index in [4.69, 9.17) is 11.6 Å². The Balaban J connectivity index is 2.10. The minimum absolute atomic E-state index is 0.108. The summed E-state index contributed by atoms with van der Waals surface area (Å²) in [6.45, 7) is 0. The van der Waals surface area contributed by atoms with Crippen LogP contribution in [0.1, 0.15) is 18.9 Å². The highest BCUT2D eigenvalue weighted by atomic mass is 35.5. The molecule has 1 aliphatic rings. The molecule has 1 heterocycles. The minimum Gasteiger partial charge on any atom is -0.507 e. The van der Waals surface area contributed by atoms with Gasteiger partial charge in [0.1, 0.15) is 17.4 Å². The average Bonchev–Trinajstić information content (AvgIpc) is 3.20. The Hall–Kier alpha value is -2.07. The third-order valence-electron chi connectivity index (χ3n) is 3.79. The van der Waals surface area contributed by atoms with Crippen molar-refractivity contribution in [3.63, 3.8) is 0 Å². The first kappa shape index (κ1) is 12.7. The molecule has 2 aromatic carbocycles. The van der Waals surface area contributed by atoms with Crippen molar-refractivity contribution >= 4 is 22.6 Å². The van der Waals surface area contributed by atoms with Gasteiger partial charge >= 0.3 is 0 Å². The first-order chi connectivity index (χ1) is 10.2. The van der Waals surface area contributed by atoms with Gasteiger partial charge in [0, 0.05) is 6.04 Å². The average molecular weight is 303 g/mol. The van der Waals surface area contributed by atoms with E-state index in [1.54, 1.807) is 6.07 Å². The van der Waals surface area contributed by atoms with Crippen LogP contribution in [0.15, 0.2) is 36.4 Å². The Morgan fingerprint density at radius 2 is 1.95 bits per heavy atom. The molecule has 0 bridgehead atoms. The Labute approximate surface area is 125 Å². The number of aromatic nitrogens is 2. The van der Waals surface area contributed by atoms with Gasteiger partial charge < -0.3 is 9.67 Å². The number of para-hydroxylation sites is 1. The molecule has 4 rings (SSSR count). The van der Waals surface area contributed by atoms with E-state index in [-0.39, 0.29) is 17.4 Å². The van der Waals surface area contributed by atoms with Crippen LogP contribution in [-0.4, -0.2) is 14.7 Å². The first-order valence-electron chi connectivity index (χ1n) is 6.81. The zero-order valence-electron chi connectivity index (χ0n) is 11.1. The molecule has 106 valence electrons. The lowest BCUT2D eigenvalue weighted by molar-refractivity contribution is 0.470. The second-order valence-corrected chi connectivity index (χ2v) is 5.69.